The third-order valence-electron chi connectivity index (χ3n) is 3.21. The van der Waals surface area contributed by atoms with E-state index in [9.17, 15) is 5.11 Å². The number of rotatable bonds is 6. The van der Waals surface area contributed by atoms with Crippen molar-refractivity contribution >= 4 is 11.6 Å². The van der Waals surface area contributed by atoms with Crippen LogP contribution in [0.3, 0.4) is 0 Å². The molecule has 94 valence electrons. The predicted octanol–water partition coefficient (Wildman–Crippen LogP) is 4.16. The maximum Gasteiger partial charge on any atom is 0.0676 e. The van der Waals surface area contributed by atoms with Gasteiger partial charge in [0.1, 0.15) is 0 Å². The van der Waals surface area contributed by atoms with Crippen LogP contribution in [0.4, 0.5) is 0 Å². The standard InChI is InChI=1S/C14H25ClO/c1-8-13(4,5)12(16)14(6,7)9-11(15)10(2)3/h8,11-12,16H,1-2,9H2,3-7H3. The van der Waals surface area contributed by atoms with Crippen LogP contribution < -0.4 is 0 Å². The number of aliphatic hydroxyl groups excluding tert-OH is 1. The van der Waals surface area contributed by atoms with Gasteiger partial charge >= 0.3 is 0 Å². The van der Waals surface area contributed by atoms with E-state index in [2.05, 4.69) is 13.2 Å². The molecule has 2 atom stereocenters. The van der Waals surface area contributed by atoms with Gasteiger partial charge in [-0.05, 0) is 18.8 Å². The zero-order valence-electron chi connectivity index (χ0n) is 11.2. The van der Waals surface area contributed by atoms with E-state index in [1.165, 1.54) is 0 Å². The van der Waals surface area contributed by atoms with Crippen LogP contribution in [-0.4, -0.2) is 16.6 Å². The van der Waals surface area contributed by atoms with Crippen LogP contribution in [0.5, 0.6) is 0 Å². The van der Waals surface area contributed by atoms with Crippen LogP contribution in [0.15, 0.2) is 24.8 Å². The first-order chi connectivity index (χ1) is 7.04. The highest BCUT2D eigenvalue weighted by Crippen LogP contribution is 2.39. The summed E-state index contributed by atoms with van der Waals surface area (Å²) in [7, 11) is 0. The fraction of sp³-hybridized carbons (Fsp3) is 0.714. The molecule has 0 radical (unpaired) electrons. The van der Waals surface area contributed by atoms with E-state index in [1.807, 2.05) is 34.6 Å². The lowest BCUT2D eigenvalue weighted by Crippen LogP contribution is -2.41. The number of aliphatic hydroxyl groups is 1. The Labute approximate surface area is 105 Å². The first kappa shape index (κ1) is 15.7. The molecule has 0 fully saturated rings. The van der Waals surface area contributed by atoms with Crippen molar-refractivity contribution in [2.75, 3.05) is 0 Å². The second-order valence-corrected chi connectivity index (χ2v) is 6.46. The van der Waals surface area contributed by atoms with Gasteiger partial charge in [-0.1, -0.05) is 45.9 Å². The summed E-state index contributed by atoms with van der Waals surface area (Å²) in [5.41, 5.74) is 0.372. The lowest BCUT2D eigenvalue weighted by atomic mass is 9.69. The molecule has 16 heavy (non-hydrogen) atoms. The quantitative estimate of drug-likeness (QED) is 0.550. The summed E-state index contributed by atoms with van der Waals surface area (Å²) >= 11 is 6.20. The van der Waals surface area contributed by atoms with Gasteiger partial charge in [-0.25, -0.2) is 0 Å². The molecule has 2 unspecified atom stereocenters. The molecule has 1 N–H and O–H groups in total. The maximum absolute atomic E-state index is 10.4. The molecule has 0 aliphatic rings. The van der Waals surface area contributed by atoms with Crippen molar-refractivity contribution < 1.29 is 5.11 Å². The third-order valence-corrected chi connectivity index (χ3v) is 3.74. The van der Waals surface area contributed by atoms with Gasteiger partial charge in [-0.3, -0.25) is 0 Å². The Morgan fingerprint density at radius 1 is 1.38 bits per heavy atom. The summed E-state index contributed by atoms with van der Waals surface area (Å²) in [6.45, 7) is 17.6. The Morgan fingerprint density at radius 3 is 2.12 bits per heavy atom. The zero-order chi connectivity index (χ0) is 13.1. The molecule has 0 aromatic heterocycles. The summed E-state index contributed by atoms with van der Waals surface area (Å²) in [6.07, 6.45) is 2.03. The summed E-state index contributed by atoms with van der Waals surface area (Å²) in [4.78, 5) is 0. The molecule has 0 aliphatic carbocycles. The molecule has 0 aliphatic heterocycles. The van der Waals surface area contributed by atoms with Gasteiger partial charge in [0.15, 0.2) is 0 Å². The predicted molar refractivity (Wildman–Crippen MR) is 72.8 cm³/mol. The van der Waals surface area contributed by atoms with E-state index < -0.39 is 6.10 Å². The van der Waals surface area contributed by atoms with Crippen LogP contribution in [-0.2, 0) is 0 Å². The smallest absolute Gasteiger partial charge is 0.0676 e. The van der Waals surface area contributed by atoms with Crippen LogP contribution in [0, 0.1) is 10.8 Å². The Hall–Kier alpha value is -0.270. The van der Waals surface area contributed by atoms with E-state index >= 15 is 0 Å². The number of halogens is 1. The second-order valence-electron chi connectivity index (χ2n) is 5.93. The van der Waals surface area contributed by atoms with Crippen LogP contribution >= 0.6 is 11.6 Å². The van der Waals surface area contributed by atoms with Crippen molar-refractivity contribution in [2.45, 2.75) is 52.5 Å². The monoisotopic (exact) mass is 244 g/mol. The largest absolute Gasteiger partial charge is 0.392 e. The number of hydrogen-bond acceptors (Lipinski definition) is 1. The lowest BCUT2D eigenvalue weighted by molar-refractivity contribution is -0.0224. The highest BCUT2D eigenvalue weighted by molar-refractivity contribution is 6.22. The van der Waals surface area contributed by atoms with Crippen LogP contribution in [0.1, 0.15) is 41.0 Å². The topological polar surface area (TPSA) is 20.2 Å². The SMILES string of the molecule is C=CC(C)(C)C(O)C(C)(C)CC(Cl)C(=C)C. The second kappa shape index (κ2) is 5.37. The fourth-order valence-electron chi connectivity index (χ4n) is 1.87. The fourth-order valence-corrected chi connectivity index (χ4v) is 2.26. The highest BCUT2D eigenvalue weighted by atomic mass is 35.5. The van der Waals surface area contributed by atoms with Crippen molar-refractivity contribution in [1.82, 2.24) is 0 Å². The first-order valence-electron chi connectivity index (χ1n) is 5.65. The van der Waals surface area contributed by atoms with E-state index in [0.29, 0.717) is 6.42 Å². The lowest BCUT2D eigenvalue weighted by Gasteiger charge is -2.40. The van der Waals surface area contributed by atoms with Gasteiger partial charge < -0.3 is 5.11 Å². The number of alkyl halides is 1. The van der Waals surface area contributed by atoms with Crippen molar-refractivity contribution in [3.05, 3.63) is 24.8 Å². The van der Waals surface area contributed by atoms with E-state index in [0.717, 1.165) is 5.57 Å². The summed E-state index contributed by atoms with van der Waals surface area (Å²) in [5, 5.41) is 10.3. The molecule has 0 saturated heterocycles. The van der Waals surface area contributed by atoms with Gasteiger partial charge in [-0.15, -0.1) is 18.2 Å². The third kappa shape index (κ3) is 3.95. The maximum atomic E-state index is 10.4. The van der Waals surface area contributed by atoms with Crippen molar-refractivity contribution in [3.8, 4) is 0 Å². The minimum Gasteiger partial charge on any atom is -0.392 e. The van der Waals surface area contributed by atoms with Crippen molar-refractivity contribution in [2.24, 2.45) is 10.8 Å². The molecule has 0 heterocycles. The first-order valence-corrected chi connectivity index (χ1v) is 6.09. The minimum atomic E-state index is -0.474. The van der Waals surface area contributed by atoms with Gasteiger partial charge in [-0.2, -0.15) is 0 Å². The molecule has 0 saturated carbocycles. The Kier molecular flexibility index (Phi) is 5.28. The normalized spacial score (nSPS) is 16.7. The highest BCUT2D eigenvalue weighted by Gasteiger charge is 2.38. The number of hydrogen-bond donors (Lipinski definition) is 1. The molecule has 0 amide bonds. The van der Waals surface area contributed by atoms with E-state index in [1.54, 1.807) is 6.08 Å². The van der Waals surface area contributed by atoms with Crippen molar-refractivity contribution in [1.29, 1.82) is 0 Å². The molecule has 0 bridgehead atoms. The van der Waals surface area contributed by atoms with E-state index in [4.69, 9.17) is 11.6 Å². The Balaban J connectivity index is 4.78. The number of allylic oxidation sites excluding steroid dienone is 1. The molecular weight excluding hydrogens is 220 g/mol. The average Bonchev–Trinajstić information content (AvgIpc) is 2.15. The van der Waals surface area contributed by atoms with Crippen molar-refractivity contribution in [3.63, 3.8) is 0 Å². The summed E-state index contributed by atoms with van der Waals surface area (Å²) < 4.78 is 0. The van der Waals surface area contributed by atoms with E-state index in [-0.39, 0.29) is 16.2 Å². The molecular formula is C14H25ClO. The average molecular weight is 245 g/mol. The zero-order valence-corrected chi connectivity index (χ0v) is 11.9. The van der Waals surface area contributed by atoms with Gasteiger partial charge in [0.05, 0.1) is 11.5 Å². The molecule has 0 aromatic rings. The van der Waals surface area contributed by atoms with Crippen LogP contribution in [0.2, 0.25) is 0 Å². The van der Waals surface area contributed by atoms with Gasteiger partial charge in [0.2, 0.25) is 0 Å². The van der Waals surface area contributed by atoms with Gasteiger partial charge in [0.25, 0.3) is 0 Å². The minimum absolute atomic E-state index is 0.0923. The van der Waals surface area contributed by atoms with Gasteiger partial charge in [0, 0.05) is 5.41 Å². The molecule has 0 spiro atoms. The molecule has 2 heteroatoms. The summed E-state index contributed by atoms with van der Waals surface area (Å²) in [6, 6.07) is 0. The Bertz CT molecular complexity index is 266. The summed E-state index contributed by atoms with van der Waals surface area (Å²) in [5.74, 6) is 0. The Morgan fingerprint density at radius 2 is 1.81 bits per heavy atom. The molecule has 0 aromatic carbocycles. The molecule has 1 nitrogen and oxygen atoms in total. The van der Waals surface area contributed by atoms with Crippen LogP contribution in [0.25, 0.3) is 0 Å². The molecule has 0 rings (SSSR count).